The first-order valence-electron chi connectivity index (χ1n) is 2.94. The normalized spacial score (nSPS) is 17.6. The van der Waals surface area contributed by atoms with Gasteiger partial charge in [0.15, 0.2) is 5.78 Å². The standard InChI is InChI=1S/C9H8O/c1-4-8-5-9(10)7(3)6(8)2/h4-5H,1-3H2. The summed E-state index contributed by atoms with van der Waals surface area (Å²) in [6, 6.07) is 0. The van der Waals surface area contributed by atoms with E-state index in [9.17, 15) is 4.79 Å². The molecule has 50 valence electrons. The van der Waals surface area contributed by atoms with Crippen molar-refractivity contribution in [3.8, 4) is 0 Å². The molecule has 1 aliphatic carbocycles. The zero-order valence-electron chi connectivity index (χ0n) is 5.68. The average molecular weight is 132 g/mol. The molecule has 0 aromatic heterocycles. The van der Waals surface area contributed by atoms with Crippen LogP contribution < -0.4 is 0 Å². The minimum Gasteiger partial charge on any atom is -0.289 e. The van der Waals surface area contributed by atoms with Gasteiger partial charge < -0.3 is 0 Å². The number of carbonyl (C=O) groups is 1. The lowest BCUT2D eigenvalue weighted by molar-refractivity contribution is -0.110. The Hall–Kier alpha value is -1.37. The van der Waals surface area contributed by atoms with Crippen molar-refractivity contribution < 1.29 is 4.79 Å². The van der Waals surface area contributed by atoms with Crippen LogP contribution in [0.3, 0.4) is 0 Å². The predicted molar refractivity (Wildman–Crippen MR) is 41.6 cm³/mol. The largest absolute Gasteiger partial charge is 0.289 e. The van der Waals surface area contributed by atoms with Crippen LogP contribution in [0.4, 0.5) is 0 Å². The fourth-order valence-electron chi connectivity index (χ4n) is 0.821. The zero-order chi connectivity index (χ0) is 7.72. The van der Waals surface area contributed by atoms with E-state index in [0.29, 0.717) is 11.1 Å². The number of hydrogen-bond donors (Lipinski definition) is 0. The van der Waals surface area contributed by atoms with Crippen LogP contribution in [-0.4, -0.2) is 5.78 Å². The summed E-state index contributed by atoms with van der Waals surface area (Å²) in [5.41, 5.74) is 1.96. The van der Waals surface area contributed by atoms with Gasteiger partial charge in [-0.25, -0.2) is 0 Å². The van der Waals surface area contributed by atoms with Gasteiger partial charge in [0.25, 0.3) is 0 Å². The van der Waals surface area contributed by atoms with Crippen LogP contribution >= 0.6 is 0 Å². The van der Waals surface area contributed by atoms with Crippen LogP contribution in [0.1, 0.15) is 0 Å². The van der Waals surface area contributed by atoms with Gasteiger partial charge in [-0.05, 0) is 17.2 Å². The van der Waals surface area contributed by atoms with Gasteiger partial charge in [0.1, 0.15) is 0 Å². The van der Waals surface area contributed by atoms with E-state index in [1.807, 2.05) is 0 Å². The number of hydrogen-bond acceptors (Lipinski definition) is 1. The van der Waals surface area contributed by atoms with Gasteiger partial charge in [-0.2, -0.15) is 0 Å². The summed E-state index contributed by atoms with van der Waals surface area (Å²) < 4.78 is 0. The van der Waals surface area contributed by atoms with Crippen LogP contribution in [0.2, 0.25) is 0 Å². The molecular formula is C9H8O. The van der Waals surface area contributed by atoms with Crippen molar-refractivity contribution in [2.75, 3.05) is 0 Å². The first-order chi connectivity index (χ1) is 4.66. The zero-order valence-corrected chi connectivity index (χ0v) is 5.68. The highest BCUT2D eigenvalue weighted by Gasteiger charge is 2.17. The van der Waals surface area contributed by atoms with E-state index in [1.54, 1.807) is 6.08 Å². The van der Waals surface area contributed by atoms with Crippen LogP contribution in [0, 0.1) is 0 Å². The van der Waals surface area contributed by atoms with Gasteiger partial charge in [0.2, 0.25) is 0 Å². The van der Waals surface area contributed by atoms with Crippen LogP contribution in [-0.2, 0) is 4.79 Å². The van der Waals surface area contributed by atoms with E-state index in [1.165, 1.54) is 6.08 Å². The van der Waals surface area contributed by atoms with E-state index in [2.05, 4.69) is 19.7 Å². The summed E-state index contributed by atoms with van der Waals surface area (Å²) in [7, 11) is 0. The highest BCUT2D eigenvalue weighted by atomic mass is 16.1. The van der Waals surface area contributed by atoms with Crippen molar-refractivity contribution in [3.63, 3.8) is 0 Å². The fraction of sp³-hybridized carbons (Fsp3) is 0. The van der Waals surface area contributed by atoms with Crippen LogP contribution in [0.5, 0.6) is 0 Å². The van der Waals surface area contributed by atoms with Crippen molar-refractivity contribution in [1.82, 2.24) is 0 Å². The Morgan fingerprint density at radius 1 is 1.30 bits per heavy atom. The van der Waals surface area contributed by atoms with E-state index >= 15 is 0 Å². The van der Waals surface area contributed by atoms with Gasteiger partial charge >= 0.3 is 0 Å². The maximum atomic E-state index is 10.9. The number of allylic oxidation sites excluding steroid dienone is 5. The first-order valence-corrected chi connectivity index (χ1v) is 2.94. The summed E-state index contributed by atoms with van der Waals surface area (Å²) in [5, 5.41) is 0. The molecule has 0 saturated carbocycles. The third kappa shape index (κ3) is 0.760. The molecule has 0 spiro atoms. The van der Waals surface area contributed by atoms with Gasteiger partial charge in [0.05, 0.1) is 0 Å². The summed E-state index contributed by atoms with van der Waals surface area (Å²) in [4.78, 5) is 10.9. The molecule has 0 amide bonds. The summed E-state index contributed by atoms with van der Waals surface area (Å²) in [5.74, 6) is -0.0556. The van der Waals surface area contributed by atoms with Crippen molar-refractivity contribution in [2.45, 2.75) is 0 Å². The molecule has 0 unspecified atom stereocenters. The smallest absolute Gasteiger partial charge is 0.186 e. The molecule has 0 N–H and O–H groups in total. The minimum atomic E-state index is -0.0556. The number of carbonyl (C=O) groups excluding carboxylic acids is 1. The van der Waals surface area contributed by atoms with Gasteiger partial charge in [0, 0.05) is 5.57 Å². The van der Waals surface area contributed by atoms with Gasteiger partial charge in [-0.1, -0.05) is 25.8 Å². The third-order valence-electron chi connectivity index (χ3n) is 1.52. The number of ketones is 1. The van der Waals surface area contributed by atoms with Crippen molar-refractivity contribution in [2.24, 2.45) is 0 Å². The van der Waals surface area contributed by atoms with Crippen molar-refractivity contribution in [1.29, 1.82) is 0 Å². The molecule has 1 rings (SSSR count). The summed E-state index contributed by atoms with van der Waals surface area (Å²) in [6.07, 6.45) is 3.11. The molecule has 0 radical (unpaired) electrons. The molecule has 0 heterocycles. The SMILES string of the molecule is C=CC1=CC(=O)C(=C)C1=C. The average Bonchev–Trinajstić information content (AvgIpc) is 2.17. The third-order valence-corrected chi connectivity index (χ3v) is 1.52. The lowest BCUT2D eigenvalue weighted by Crippen LogP contribution is -1.89. The lowest BCUT2D eigenvalue weighted by Gasteiger charge is -1.94. The Kier molecular flexibility index (Phi) is 1.42. The van der Waals surface area contributed by atoms with Crippen LogP contribution in [0.15, 0.2) is 48.6 Å². The molecule has 0 atom stereocenters. The Balaban J connectivity index is 3.11. The lowest BCUT2D eigenvalue weighted by atomic mass is 10.1. The Morgan fingerprint density at radius 3 is 2.10 bits per heavy atom. The Morgan fingerprint density at radius 2 is 1.90 bits per heavy atom. The highest BCUT2D eigenvalue weighted by molar-refractivity contribution is 6.13. The Labute approximate surface area is 60.1 Å². The highest BCUT2D eigenvalue weighted by Crippen LogP contribution is 2.24. The fourth-order valence-corrected chi connectivity index (χ4v) is 0.821. The van der Waals surface area contributed by atoms with Crippen molar-refractivity contribution in [3.05, 3.63) is 48.6 Å². The molecule has 1 aliphatic rings. The maximum absolute atomic E-state index is 10.9. The molecule has 0 aromatic carbocycles. The maximum Gasteiger partial charge on any atom is 0.186 e. The van der Waals surface area contributed by atoms with Gasteiger partial charge in [-0.3, -0.25) is 4.79 Å². The van der Waals surface area contributed by atoms with Crippen LogP contribution in [0.25, 0.3) is 0 Å². The van der Waals surface area contributed by atoms with Gasteiger partial charge in [-0.15, -0.1) is 0 Å². The quantitative estimate of drug-likeness (QED) is 0.497. The van der Waals surface area contributed by atoms with E-state index in [4.69, 9.17) is 0 Å². The molecule has 1 heteroatoms. The van der Waals surface area contributed by atoms with E-state index in [-0.39, 0.29) is 5.78 Å². The first kappa shape index (κ1) is 6.75. The molecule has 0 saturated heterocycles. The Bertz CT molecular complexity index is 266. The van der Waals surface area contributed by atoms with E-state index in [0.717, 1.165) is 5.57 Å². The molecule has 1 nitrogen and oxygen atoms in total. The second kappa shape index (κ2) is 2.10. The predicted octanol–water partition coefficient (Wildman–Crippen LogP) is 1.79. The molecule has 0 fully saturated rings. The second-order valence-corrected chi connectivity index (χ2v) is 2.13. The summed E-state index contributed by atoms with van der Waals surface area (Å²) in [6.45, 7) is 10.8. The monoisotopic (exact) mass is 132 g/mol. The van der Waals surface area contributed by atoms with E-state index < -0.39 is 0 Å². The molecule has 0 bridgehead atoms. The molecular weight excluding hydrogens is 124 g/mol. The molecule has 0 aliphatic heterocycles. The topological polar surface area (TPSA) is 17.1 Å². The molecule has 10 heavy (non-hydrogen) atoms. The minimum absolute atomic E-state index is 0.0556. The van der Waals surface area contributed by atoms with Crippen molar-refractivity contribution >= 4 is 5.78 Å². The second-order valence-electron chi connectivity index (χ2n) is 2.13. The summed E-state index contributed by atoms with van der Waals surface area (Å²) >= 11 is 0. The molecule has 0 aromatic rings. The number of rotatable bonds is 1.